The molecule has 0 saturated carbocycles. The molecule has 4 aromatic rings. The maximum Gasteiger partial charge on any atom is 0.277 e. The van der Waals surface area contributed by atoms with Gasteiger partial charge in [-0.3, -0.25) is 19.6 Å². The van der Waals surface area contributed by atoms with Crippen LogP contribution in [-0.2, 0) is 13.3 Å². The zero-order valence-corrected chi connectivity index (χ0v) is 20.6. The number of carbonyl (C=O) groups excluding carboxylic acids is 1. The molecule has 0 aliphatic heterocycles. The number of aromatic nitrogens is 4. The van der Waals surface area contributed by atoms with Crippen molar-refractivity contribution >= 4 is 56.5 Å². The number of nitrogens with one attached hydrogen (secondary N) is 1. The maximum absolute atomic E-state index is 14.1. The lowest BCUT2D eigenvalue weighted by molar-refractivity contribution is -0.384. The Morgan fingerprint density at radius 2 is 1.97 bits per heavy atom. The predicted octanol–water partition coefficient (Wildman–Crippen LogP) is 5.53. The van der Waals surface area contributed by atoms with Gasteiger partial charge < -0.3 is 10.1 Å². The van der Waals surface area contributed by atoms with Gasteiger partial charge in [0, 0.05) is 35.1 Å². The fourth-order valence-electron chi connectivity index (χ4n) is 2.99. The fourth-order valence-corrected chi connectivity index (χ4v) is 3.86. The van der Waals surface area contributed by atoms with E-state index in [1.54, 1.807) is 12.3 Å². The molecule has 2 aromatic heterocycles. The molecule has 1 amide bonds. The van der Waals surface area contributed by atoms with Crippen LogP contribution in [0.25, 0.3) is 0 Å². The number of nitrogens with zero attached hydrogens (tertiary/aromatic N) is 5. The van der Waals surface area contributed by atoms with E-state index in [-0.39, 0.29) is 51.8 Å². The van der Waals surface area contributed by atoms with E-state index in [4.69, 9.17) is 27.9 Å². The second-order valence-electron chi connectivity index (χ2n) is 7.06. The highest BCUT2D eigenvalue weighted by molar-refractivity contribution is 9.10. The number of amides is 1. The van der Waals surface area contributed by atoms with Crippen LogP contribution in [0.4, 0.5) is 15.9 Å². The van der Waals surface area contributed by atoms with Gasteiger partial charge in [-0.05, 0) is 40.2 Å². The van der Waals surface area contributed by atoms with Gasteiger partial charge in [0.25, 0.3) is 11.6 Å². The summed E-state index contributed by atoms with van der Waals surface area (Å²) >= 11 is 15.4. The van der Waals surface area contributed by atoms with Gasteiger partial charge in [0.15, 0.2) is 18.2 Å². The molecule has 0 bridgehead atoms. The lowest BCUT2D eigenvalue weighted by Crippen LogP contribution is -2.15. The summed E-state index contributed by atoms with van der Waals surface area (Å²) < 4.78 is 22.8. The van der Waals surface area contributed by atoms with Crippen LogP contribution in [0.3, 0.4) is 0 Å². The lowest BCUT2D eigenvalue weighted by Gasteiger charge is -2.07. The molecule has 14 heteroatoms. The average molecular weight is 584 g/mol. The summed E-state index contributed by atoms with van der Waals surface area (Å²) in [7, 11) is 0. The molecule has 4 rings (SSSR count). The van der Waals surface area contributed by atoms with E-state index in [0.717, 1.165) is 0 Å². The van der Waals surface area contributed by atoms with E-state index < -0.39 is 16.6 Å². The number of carbonyl (C=O) groups is 1. The first-order valence-corrected chi connectivity index (χ1v) is 11.3. The highest BCUT2D eigenvalue weighted by Crippen LogP contribution is 2.29. The van der Waals surface area contributed by atoms with Crippen molar-refractivity contribution in [3.05, 3.63) is 96.6 Å². The zero-order chi connectivity index (χ0) is 25.1. The van der Waals surface area contributed by atoms with Gasteiger partial charge in [0.05, 0.1) is 21.0 Å². The van der Waals surface area contributed by atoms with E-state index in [1.165, 1.54) is 52.0 Å². The summed E-state index contributed by atoms with van der Waals surface area (Å²) in [6.45, 7) is -0.0241. The summed E-state index contributed by atoms with van der Waals surface area (Å²) in [6, 6.07) is 9.68. The van der Waals surface area contributed by atoms with Gasteiger partial charge in [-0.15, -0.1) is 0 Å². The Morgan fingerprint density at radius 3 is 2.69 bits per heavy atom. The molecule has 10 nitrogen and oxygen atoms in total. The minimum Gasteiger partial charge on any atom is -0.470 e. The molecule has 1 N–H and O–H groups in total. The fraction of sp³-hybridized carbons (Fsp3) is 0.0952. The van der Waals surface area contributed by atoms with Crippen LogP contribution in [-0.4, -0.2) is 30.4 Å². The van der Waals surface area contributed by atoms with Crippen molar-refractivity contribution in [1.29, 1.82) is 0 Å². The van der Waals surface area contributed by atoms with Gasteiger partial charge in [0.2, 0.25) is 0 Å². The van der Waals surface area contributed by atoms with E-state index in [0.29, 0.717) is 4.47 Å². The van der Waals surface area contributed by atoms with Crippen molar-refractivity contribution in [2.75, 3.05) is 5.32 Å². The first-order chi connectivity index (χ1) is 16.7. The van der Waals surface area contributed by atoms with Crippen LogP contribution in [0.5, 0.6) is 5.75 Å². The number of ether oxygens (including phenoxy) is 1. The van der Waals surface area contributed by atoms with Gasteiger partial charge in [-0.1, -0.05) is 29.3 Å². The highest BCUT2D eigenvalue weighted by Gasteiger charge is 2.16. The van der Waals surface area contributed by atoms with E-state index in [2.05, 4.69) is 31.4 Å². The molecule has 0 aliphatic rings. The van der Waals surface area contributed by atoms with Crippen LogP contribution in [0.15, 0.2) is 59.3 Å². The Balaban J connectivity index is 1.39. The minimum atomic E-state index is -0.565. The lowest BCUT2D eigenvalue weighted by atomic mass is 10.2. The van der Waals surface area contributed by atoms with Crippen molar-refractivity contribution in [3.8, 4) is 5.75 Å². The first-order valence-electron chi connectivity index (χ1n) is 9.78. The largest absolute Gasteiger partial charge is 0.470 e. The number of non-ortho nitro benzene ring substituents is 1. The molecule has 0 saturated heterocycles. The number of hydrogen-bond donors (Lipinski definition) is 1. The van der Waals surface area contributed by atoms with Crippen LogP contribution in [0, 0.1) is 15.9 Å². The zero-order valence-electron chi connectivity index (χ0n) is 17.5. The van der Waals surface area contributed by atoms with Gasteiger partial charge in [0.1, 0.15) is 11.6 Å². The number of nitro groups is 1. The van der Waals surface area contributed by atoms with Crippen molar-refractivity contribution in [1.82, 2.24) is 19.6 Å². The Morgan fingerprint density at radius 1 is 1.17 bits per heavy atom. The Labute approximate surface area is 215 Å². The van der Waals surface area contributed by atoms with Crippen molar-refractivity contribution in [2.45, 2.75) is 13.3 Å². The number of halogens is 4. The first kappa shape index (κ1) is 24.6. The van der Waals surface area contributed by atoms with E-state index >= 15 is 0 Å². The summed E-state index contributed by atoms with van der Waals surface area (Å²) in [5.74, 6) is -0.557. The van der Waals surface area contributed by atoms with Crippen LogP contribution < -0.4 is 10.1 Å². The Bertz CT molecular complexity index is 1410. The molecule has 2 aromatic carbocycles. The van der Waals surface area contributed by atoms with Crippen LogP contribution in [0.2, 0.25) is 10.0 Å². The molecule has 0 fully saturated rings. The van der Waals surface area contributed by atoms with Gasteiger partial charge >= 0.3 is 0 Å². The topological polar surface area (TPSA) is 117 Å². The molecular weight excluding hydrogens is 570 g/mol. The maximum atomic E-state index is 14.1. The smallest absolute Gasteiger partial charge is 0.277 e. The molecule has 0 unspecified atom stereocenters. The summed E-state index contributed by atoms with van der Waals surface area (Å²) in [6.07, 6.45) is 3.10. The van der Waals surface area contributed by atoms with E-state index in [9.17, 15) is 19.3 Å². The van der Waals surface area contributed by atoms with Crippen molar-refractivity contribution < 1.29 is 18.8 Å². The number of anilines is 1. The second kappa shape index (κ2) is 10.4. The Kier molecular flexibility index (Phi) is 7.34. The normalized spacial score (nSPS) is 10.9. The molecule has 0 spiro atoms. The average Bonchev–Trinajstić information content (AvgIpc) is 3.42. The number of hydrogen-bond acceptors (Lipinski definition) is 6. The predicted molar refractivity (Wildman–Crippen MR) is 129 cm³/mol. The van der Waals surface area contributed by atoms with Gasteiger partial charge in [-0.25, -0.2) is 9.07 Å². The molecular formula is C21H14BrCl2FN6O4. The molecule has 0 aliphatic carbocycles. The van der Waals surface area contributed by atoms with Gasteiger partial charge in [-0.2, -0.15) is 10.2 Å². The molecule has 0 radical (unpaired) electrons. The summed E-state index contributed by atoms with van der Waals surface area (Å²) in [5, 5.41) is 22.2. The monoisotopic (exact) mass is 582 g/mol. The highest BCUT2D eigenvalue weighted by atomic mass is 79.9. The number of rotatable bonds is 8. The van der Waals surface area contributed by atoms with Crippen LogP contribution >= 0.6 is 39.1 Å². The number of nitro benzene ring substituents is 1. The van der Waals surface area contributed by atoms with Crippen LogP contribution in [0.1, 0.15) is 16.1 Å². The third kappa shape index (κ3) is 5.78. The molecule has 0 atom stereocenters. The second-order valence-corrected chi connectivity index (χ2v) is 8.73. The summed E-state index contributed by atoms with van der Waals surface area (Å²) in [4.78, 5) is 22.9. The standard InChI is InChI=1S/C21H14BrCl2FN6O4/c22-14-10-30(9-13-15(23)2-1-3-17(13)25)28-20(14)26-21(32)18-6-7-29(27-18)11-35-19-5-4-12(31(33)34)8-16(19)24/h1-8,10H,9,11H2,(H,26,28,32). The third-order valence-corrected chi connectivity index (χ3v) is 5.91. The Hall–Kier alpha value is -3.48. The van der Waals surface area contributed by atoms with E-state index in [1.807, 2.05) is 0 Å². The molecule has 180 valence electrons. The third-order valence-electron chi connectivity index (χ3n) is 4.68. The molecule has 35 heavy (non-hydrogen) atoms. The minimum absolute atomic E-state index is 0.0666. The SMILES string of the molecule is O=C(Nc1nn(Cc2c(F)cccc2Cl)cc1Br)c1ccn(COc2ccc([N+](=O)[O-])cc2Cl)n1. The van der Waals surface area contributed by atoms with Crippen molar-refractivity contribution in [2.24, 2.45) is 0 Å². The summed E-state index contributed by atoms with van der Waals surface area (Å²) in [5.41, 5.74) is 0.196. The van der Waals surface area contributed by atoms with Crippen molar-refractivity contribution in [3.63, 3.8) is 0 Å². The number of benzene rings is 2. The molecule has 2 heterocycles. The quantitative estimate of drug-likeness (QED) is 0.215.